The van der Waals surface area contributed by atoms with E-state index in [2.05, 4.69) is 25.8 Å². The lowest BCUT2D eigenvalue weighted by atomic mass is 10.1. The molecule has 2 bridgehead atoms. The largest absolute Gasteiger partial charge is 0.367 e. The van der Waals surface area contributed by atoms with Crippen molar-refractivity contribution < 1.29 is 4.79 Å². The van der Waals surface area contributed by atoms with Crippen LogP contribution in [0.1, 0.15) is 28.8 Å². The number of hydrogen-bond acceptors (Lipinski definition) is 3. The standard InChI is InChI=1S/C17H20N4O/c22-17(14-5-7-19-9-14)21-15-3-4-16(21)12-20(11-15)10-13-2-1-6-18-8-13/h1-2,5-9,15-16,19H,3-4,10-12H2. The smallest absolute Gasteiger partial charge is 0.255 e. The lowest BCUT2D eigenvalue weighted by molar-refractivity contribution is 0.0405. The number of rotatable bonds is 3. The van der Waals surface area contributed by atoms with Crippen molar-refractivity contribution in [1.82, 2.24) is 19.8 Å². The molecule has 2 unspecified atom stereocenters. The number of aromatic nitrogens is 2. The summed E-state index contributed by atoms with van der Waals surface area (Å²) >= 11 is 0. The van der Waals surface area contributed by atoms with Gasteiger partial charge in [-0.05, 0) is 30.5 Å². The van der Waals surface area contributed by atoms with Gasteiger partial charge in [-0.1, -0.05) is 6.07 Å². The molecule has 2 aromatic heterocycles. The highest BCUT2D eigenvalue weighted by Crippen LogP contribution is 2.32. The van der Waals surface area contributed by atoms with Crippen LogP contribution in [0, 0.1) is 0 Å². The van der Waals surface area contributed by atoms with Crippen LogP contribution in [0.25, 0.3) is 0 Å². The van der Waals surface area contributed by atoms with Crippen molar-refractivity contribution in [1.29, 1.82) is 0 Å². The summed E-state index contributed by atoms with van der Waals surface area (Å²) in [4.78, 5) is 24.4. The highest BCUT2D eigenvalue weighted by molar-refractivity contribution is 5.94. The number of hydrogen-bond donors (Lipinski definition) is 1. The van der Waals surface area contributed by atoms with E-state index in [1.54, 1.807) is 12.4 Å². The number of pyridine rings is 1. The molecule has 5 nitrogen and oxygen atoms in total. The Hall–Kier alpha value is -2.14. The molecular formula is C17H20N4O. The summed E-state index contributed by atoms with van der Waals surface area (Å²) < 4.78 is 0. The molecule has 0 saturated carbocycles. The normalized spacial score (nSPS) is 24.6. The summed E-state index contributed by atoms with van der Waals surface area (Å²) in [5.74, 6) is 0.176. The maximum absolute atomic E-state index is 12.7. The Bertz CT molecular complexity index is 626. The van der Waals surface area contributed by atoms with Gasteiger partial charge in [0.2, 0.25) is 0 Å². The van der Waals surface area contributed by atoms with Gasteiger partial charge in [0.05, 0.1) is 5.56 Å². The first kappa shape index (κ1) is 13.5. The first-order valence-electron chi connectivity index (χ1n) is 7.88. The number of amides is 1. The highest BCUT2D eigenvalue weighted by atomic mass is 16.2. The number of H-pyrrole nitrogens is 1. The second-order valence-corrected chi connectivity index (χ2v) is 6.25. The van der Waals surface area contributed by atoms with Gasteiger partial charge in [0.1, 0.15) is 0 Å². The molecule has 4 rings (SSSR count). The third-order valence-corrected chi connectivity index (χ3v) is 4.77. The van der Waals surface area contributed by atoms with E-state index in [0.29, 0.717) is 12.1 Å². The third-order valence-electron chi connectivity index (χ3n) is 4.77. The van der Waals surface area contributed by atoms with Crippen LogP contribution in [0.5, 0.6) is 0 Å². The van der Waals surface area contributed by atoms with Gasteiger partial charge in [0, 0.05) is 56.5 Å². The molecule has 22 heavy (non-hydrogen) atoms. The van der Waals surface area contributed by atoms with Gasteiger partial charge in [-0.2, -0.15) is 0 Å². The minimum atomic E-state index is 0.176. The number of carbonyl (C=O) groups is 1. The minimum absolute atomic E-state index is 0.176. The number of piperazine rings is 1. The van der Waals surface area contributed by atoms with Crippen LogP contribution in [0.2, 0.25) is 0 Å². The van der Waals surface area contributed by atoms with Gasteiger partial charge in [-0.15, -0.1) is 0 Å². The fraction of sp³-hybridized carbons (Fsp3) is 0.412. The Morgan fingerprint density at radius 3 is 2.73 bits per heavy atom. The molecule has 1 amide bonds. The maximum Gasteiger partial charge on any atom is 0.255 e. The van der Waals surface area contributed by atoms with Crippen molar-refractivity contribution in [2.45, 2.75) is 31.5 Å². The molecule has 2 aromatic rings. The molecule has 2 aliphatic heterocycles. The van der Waals surface area contributed by atoms with Crippen LogP contribution in [-0.4, -0.2) is 50.8 Å². The molecule has 0 spiro atoms. The Balaban J connectivity index is 1.47. The van der Waals surface area contributed by atoms with Gasteiger partial charge in [0.25, 0.3) is 5.91 Å². The van der Waals surface area contributed by atoms with E-state index in [0.717, 1.165) is 38.0 Å². The SMILES string of the molecule is O=C(c1cc[nH]c1)N1C2CCC1CN(Cc1cccnc1)C2. The number of likely N-dealkylation sites (tertiary alicyclic amines) is 1. The molecule has 2 saturated heterocycles. The van der Waals surface area contributed by atoms with Crippen LogP contribution in [-0.2, 0) is 6.54 Å². The second-order valence-electron chi connectivity index (χ2n) is 6.25. The predicted octanol–water partition coefficient (Wildman–Crippen LogP) is 1.90. The molecule has 1 N–H and O–H groups in total. The fourth-order valence-electron chi connectivity index (χ4n) is 3.81. The van der Waals surface area contributed by atoms with Crippen molar-refractivity contribution >= 4 is 5.91 Å². The number of nitrogens with zero attached hydrogens (tertiary/aromatic N) is 3. The van der Waals surface area contributed by atoms with E-state index in [-0.39, 0.29) is 5.91 Å². The molecule has 0 aromatic carbocycles. The first-order chi connectivity index (χ1) is 10.8. The van der Waals surface area contributed by atoms with Crippen molar-refractivity contribution in [3.05, 3.63) is 54.1 Å². The predicted molar refractivity (Wildman–Crippen MR) is 83.3 cm³/mol. The quantitative estimate of drug-likeness (QED) is 0.941. The molecule has 2 fully saturated rings. The summed E-state index contributed by atoms with van der Waals surface area (Å²) in [5, 5.41) is 0. The summed E-state index contributed by atoms with van der Waals surface area (Å²) in [5.41, 5.74) is 2.02. The fourth-order valence-corrected chi connectivity index (χ4v) is 3.81. The van der Waals surface area contributed by atoms with E-state index in [1.807, 2.05) is 24.5 Å². The Labute approximate surface area is 130 Å². The molecule has 2 atom stereocenters. The zero-order valence-electron chi connectivity index (χ0n) is 12.5. The highest BCUT2D eigenvalue weighted by Gasteiger charge is 2.42. The van der Waals surface area contributed by atoms with Gasteiger partial charge >= 0.3 is 0 Å². The first-order valence-corrected chi connectivity index (χ1v) is 7.88. The van der Waals surface area contributed by atoms with Crippen molar-refractivity contribution in [3.63, 3.8) is 0 Å². The maximum atomic E-state index is 12.7. The molecule has 5 heteroatoms. The Morgan fingerprint density at radius 2 is 2.09 bits per heavy atom. The monoisotopic (exact) mass is 296 g/mol. The van der Waals surface area contributed by atoms with Crippen LogP contribution >= 0.6 is 0 Å². The number of carbonyl (C=O) groups excluding carboxylic acids is 1. The summed E-state index contributed by atoms with van der Waals surface area (Å²) in [7, 11) is 0. The Kier molecular flexibility index (Phi) is 3.42. The van der Waals surface area contributed by atoms with Crippen molar-refractivity contribution in [3.8, 4) is 0 Å². The van der Waals surface area contributed by atoms with Crippen molar-refractivity contribution in [2.24, 2.45) is 0 Å². The average molecular weight is 296 g/mol. The molecule has 0 radical (unpaired) electrons. The van der Waals surface area contributed by atoms with Crippen LogP contribution in [0.3, 0.4) is 0 Å². The zero-order valence-corrected chi connectivity index (χ0v) is 12.5. The van der Waals surface area contributed by atoms with Crippen LogP contribution in [0.15, 0.2) is 43.0 Å². The topological polar surface area (TPSA) is 52.2 Å². The van der Waals surface area contributed by atoms with Gasteiger partial charge in [0.15, 0.2) is 0 Å². The lowest BCUT2D eigenvalue weighted by Crippen LogP contribution is -2.55. The summed E-state index contributed by atoms with van der Waals surface area (Å²) in [6, 6.07) is 6.65. The van der Waals surface area contributed by atoms with Crippen LogP contribution in [0.4, 0.5) is 0 Å². The van der Waals surface area contributed by atoms with Gasteiger partial charge < -0.3 is 9.88 Å². The molecule has 4 heterocycles. The van der Waals surface area contributed by atoms with Gasteiger partial charge in [-0.25, -0.2) is 0 Å². The van der Waals surface area contributed by atoms with E-state index in [9.17, 15) is 4.79 Å². The third kappa shape index (κ3) is 2.41. The molecule has 114 valence electrons. The lowest BCUT2D eigenvalue weighted by Gasteiger charge is -2.41. The Morgan fingerprint density at radius 1 is 1.27 bits per heavy atom. The molecular weight excluding hydrogens is 276 g/mol. The van der Waals surface area contributed by atoms with Gasteiger partial charge in [-0.3, -0.25) is 14.7 Å². The number of aromatic amines is 1. The number of nitrogens with one attached hydrogen (secondary N) is 1. The summed E-state index contributed by atoms with van der Waals surface area (Å²) in [6.07, 6.45) is 9.58. The average Bonchev–Trinajstić information content (AvgIpc) is 3.15. The van der Waals surface area contributed by atoms with Crippen LogP contribution < -0.4 is 0 Å². The van der Waals surface area contributed by atoms with E-state index in [1.165, 1.54) is 5.56 Å². The number of fused-ring (bicyclic) bond motifs is 2. The zero-order chi connectivity index (χ0) is 14.9. The second kappa shape index (κ2) is 5.57. The van der Waals surface area contributed by atoms with E-state index >= 15 is 0 Å². The molecule has 0 aliphatic carbocycles. The molecule has 2 aliphatic rings. The van der Waals surface area contributed by atoms with Crippen molar-refractivity contribution in [2.75, 3.05) is 13.1 Å². The minimum Gasteiger partial charge on any atom is -0.367 e. The summed E-state index contributed by atoms with van der Waals surface area (Å²) in [6.45, 7) is 2.84. The van der Waals surface area contributed by atoms with E-state index in [4.69, 9.17) is 0 Å². The van der Waals surface area contributed by atoms with E-state index < -0.39 is 0 Å².